The predicted octanol–water partition coefficient (Wildman–Crippen LogP) is -3.63. The van der Waals surface area contributed by atoms with Crippen LogP contribution in [0.5, 0.6) is 0 Å². The number of carbonyl (C=O) groups excluding carboxylic acids is 4. The maximum atomic E-state index is 12.8. The molecule has 0 saturated heterocycles. The molecule has 0 heterocycles. The van der Waals surface area contributed by atoms with Crippen molar-refractivity contribution in [2.24, 2.45) is 22.9 Å². The number of primary amides is 1. The lowest BCUT2D eigenvalue weighted by Gasteiger charge is -2.24. The molecule has 0 rings (SSSR count). The van der Waals surface area contributed by atoms with E-state index in [0.29, 0.717) is 38.8 Å². The van der Waals surface area contributed by atoms with Crippen LogP contribution in [0.15, 0.2) is 0 Å². The van der Waals surface area contributed by atoms with E-state index in [4.69, 9.17) is 22.9 Å². The molecule has 0 aliphatic heterocycles. The zero-order valence-electron chi connectivity index (χ0n) is 19.3. The highest BCUT2D eigenvalue weighted by atomic mass is 16.4. The first kappa shape index (κ1) is 31.2. The van der Waals surface area contributed by atoms with Gasteiger partial charge in [0.2, 0.25) is 23.6 Å². The number of hydrogen-bond acceptors (Lipinski definition) is 9. The van der Waals surface area contributed by atoms with Crippen molar-refractivity contribution in [1.82, 2.24) is 16.0 Å². The van der Waals surface area contributed by atoms with E-state index in [-0.39, 0.29) is 25.7 Å². The Kier molecular flexibility index (Phi) is 16.2. The topological polar surface area (TPSA) is 266 Å². The van der Waals surface area contributed by atoms with Gasteiger partial charge in [0.25, 0.3) is 0 Å². The smallest absolute Gasteiger partial charge is 0.326 e. The van der Waals surface area contributed by atoms with Crippen molar-refractivity contribution in [1.29, 1.82) is 0 Å². The van der Waals surface area contributed by atoms with Crippen LogP contribution in [0.4, 0.5) is 0 Å². The van der Waals surface area contributed by atoms with Crippen LogP contribution in [0, 0.1) is 0 Å². The Labute approximate surface area is 198 Å². The Balaban J connectivity index is 5.19. The fourth-order valence-electron chi connectivity index (χ4n) is 2.96. The van der Waals surface area contributed by atoms with Gasteiger partial charge >= 0.3 is 5.97 Å². The number of amides is 4. The van der Waals surface area contributed by atoms with E-state index in [1.54, 1.807) is 0 Å². The zero-order valence-corrected chi connectivity index (χ0v) is 19.3. The molecule has 0 saturated carbocycles. The molecule has 0 radical (unpaired) electrons. The first-order valence-corrected chi connectivity index (χ1v) is 11.3. The maximum absolute atomic E-state index is 12.8. The van der Waals surface area contributed by atoms with Crippen molar-refractivity contribution in [2.45, 2.75) is 75.5 Å². The van der Waals surface area contributed by atoms with Gasteiger partial charge in [-0.15, -0.1) is 0 Å². The summed E-state index contributed by atoms with van der Waals surface area (Å²) >= 11 is 0. The average Bonchev–Trinajstić information content (AvgIpc) is 2.79. The van der Waals surface area contributed by atoms with E-state index in [2.05, 4.69) is 16.0 Å². The third-order valence-corrected chi connectivity index (χ3v) is 5.00. The van der Waals surface area contributed by atoms with E-state index in [1.807, 2.05) is 0 Å². The van der Waals surface area contributed by atoms with Gasteiger partial charge in [0.1, 0.15) is 18.1 Å². The molecule has 0 aromatic carbocycles. The van der Waals surface area contributed by atoms with Crippen LogP contribution in [0.25, 0.3) is 0 Å². The van der Waals surface area contributed by atoms with Gasteiger partial charge in [0.15, 0.2) is 0 Å². The third-order valence-electron chi connectivity index (χ3n) is 5.00. The highest BCUT2D eigenvalue weighted by Crippen LogP contribution is 2.05. The summed E-state index contributed by atoms with van der Waals surface area (Å²) < 4.78 is 0. The van der Waals surface area contributed by atoms with Crippen LogP contribution in [0.2, 0.25) is 0 Å². The van der Waals surface area contributed by atoms with Gasteiger partial charge in [-0.25, -0.2) is 4.79 Å². The van der Waals surface area contributed by atoms with Gasteiger partial charge in [-0.3, -0.25) is 19.2 Å². The molecule has 0 spiro atoms. The molecular weight excluding hydrogens is 450 g/mol. The summed E-state index contributed by atoms with van der Waals surface area (Å²) in [5.41, 5.74) is 21.7. The number of carboxylic acids is 1. The largest absolute Gasteiger partial charge is 0.480 e. The molecule has 0 bridgehead atoms. The molecule has 196 valence electrons. The number of nitrogens with one attached hydrogen (secondary N) is 3. The van der Waals surface area contributed by atoms with Crippen LogP contribution in [-0.2, 0) is 24.0 Å². The number of nitrogens with two attached hydrogens (primary N) is 4. The Bertz CT molecular complexity index is 678. The molecule has 0 aliphatic carbocycles. The number of rotatable bonds is 19. The van der Waals surface area contributed by atoms with E-state index in [0.717, 1.165) is 0 Å². The fourth-order valence-corrected chi connectivity index (χ4v) is 2.96. The highest BCUT2D eigenvalue weighted by molar-refractivity contribution is 5.94. The second-order valence-corrected chi connectivity index (χ2v) is 7.88. The zero-order chi connectivity index (χ0) is 26.1. The van der Waals surface area contributed by atoms with Gasteiger partial charge in [0, 0.05) is 6.42 Å². The normalized spacial score (nSPS) is 14.4. The molecule has 14 heteroatoms. The SMILES string of the molecule is NCCCCC(NC(=O)C(CO)NC(=O)C(CCCCN)NC(=O)C(N)CCC(N)=O)C(=O)O. The second kappa shape index (κ2) is 17.6. The summed E-state index contributed by atoms with van der Waals surface area (Å²) in [6.45, 7) is -0.0593. The van der Waals surface area contributed by atoms with E-state index >= 15 is 0 Å². The predicted molar refractivity (Wildman–Crippen MR) is 123 cm³/mol. The fraction of sp³-hybridized carbons (Fsp3) is 0.750. The molecule has 0 aliphatic rings. The molecule has 4 amide bonds. The Hall–Kier alpha value is -2.81. The Morgan fingerprint density at radius 2 is 1.18 bits per heavy atom. The van der Waals surface area contributed by atoms with Crippen LogP contribution in [0.1, 0.15) is 51.4 Å². The molecule has 14 nitrogen and oxygen atoms in total. The summed E-state index contributed by atoms with van der Waals surface area (Å²) in [7, 11) is 0. The molecule has 4 atom stereocenters. The number of aliphatic hydroxyl groups excluding tert-OH is 1. The third kappa shape index (κ3) is 13.0. The quantitative estimate of drug-likeness (QED) is 0.0803. The number of carboxylic acid groups (broad SMARTS) is 1. The minimum absolute atomic E-state index is 0.0132. The van der Waals surface area contributed by atoms with Gasteiger partial charge in [-0.1, -0.05) is 0 Å². The van der Waals surface area contributed by atoms with E-state index in [1.165, 1.54) is 0 Å². The lowest BCUT2D eigenvalue weighted by atomic mass is 10.1. The molecule has 13 N–H and O–H groups in total. The first-order chi connectivity index (χ1) is 16.1. The summed E-state index contributed by atoms with van der Waals surface area (Å²) in [5, 5.41) is 26.0. The van der Waals surface area contributed by atoms with E-state index in [9.17, 15) is 34.2 Å². The lowest BCUT2D eigenvalue weighted by molar-refractivity contribution is -0.142. The standard InChI is InChI=1S/C20H39N7O7/c21-9-3-1-5-13(25-17(30)12(23)7-8-16(24)29)18(31)27-15(11-28)19(32)26-14(20(33)34)6-2-4-10-22/h12-15,28H,1-11,21-23H2,(H2,24,29)(H,25,30)(H,26,32)(H,27,31)(H,33,34). The molecule has 0 aromatic rings. The molecule has 0 aromatic heterocycles. The molecule has 0 fully saturated rings. The van der Waals surface area contributed by atoms with Crippen molar-refractivity contribution < 1.29 is 34.2 Å². The van der Waals surface area contributed by atoms with Gasteiger partial charge in [0.05, 0.1) is 12.6 Å². The van der Waals surface area contributed by atoms with E-state index < -0.39 is 60.4 Å². The number of aliphatic carboxylic acids is 1. The lowest BCUT2D eigenvalue weighted by Crippen LogP contribution is -2.58. The summed E-state index contributed by atoms with van der Waals surface area (Å²) in [6, 6.07) is -4.84. The summed E-state index contributed by atoms with van der Waals surface area (Å²) in [5.74, 6) is -4.23. The minimum atomic E-state index is -1.44. The van der Waals surface area contributed by atoms with Crippen molar-refractivity contribution in [3.05, 3.63) is 0 Å². The van der Waals surface area contributed by atoms with Crippen molar-refractivity contribution in [3.8, 4) is 0 Å². The monoisotopic (exact) mass is 489 g/mol. The van der Waals surface area contributed by atoms with Crippen molar-refractivity contribution >= 4 is 29.6 Å². The van der Waals surface area contributed by atoms with Crippen molar-refractivity contribution in [2.75, 3.05) is 19.7 Å². The number of hydrogen-bond donors (Lipinski definition) is 9. The average molecular weight is 490 g/mol. The Morgan fingerprint density at radius 3 is 1.65 bits per heavy atom. The molecule has 4 unspecified atom stereocenters. The summed E-state index contributed by atoms with van der Waals surface area (Å²) in [6.07, 6.45) is 2.27. The molecule has 34 heavy (non-hydrogen) atoms. The summed E-state index contributed by atoms with van der Waals surface area (Å²) in [4.78, 5) is 59.9. The van der Waals surface area contributed by atoms with Crippen LogP contribution < -0.4 is 38.9 Å². The van der Waals surface area contributed by atoms with Gasteiger partial charge in [-0.05, 0) is 58.0 Å². The number of carbonyl (C=O) groups is 5. The van der Waals surface area contributed by atoms with Crippen LogP contribution in [-0.4, -0.2) is 83.7 Å². The first-order valence-electron chi connectivity index (χ1n) is 11.3. The van der Waals surface area contributed by atoms with Gasteiger partial charge in [-0.2, -0.15) is 0 Å². The number of aliphatic hydroxyl groups is 1. The van der Waals surface area contributed by atoms with Crippen molar-refractivity contribution in [3.63, 3.8) is 0 Å². The molecular formula is C20H39N7O7. The highest BCUT2D eigenvalue weighted by Gasteiger charge is 2.29. The second-order valence-electron chi connectivity index (χ2n) is 7.88. The minimum Gasteiger partial charge on any atom is -0.480 e. The van der Waals surface area contributed by atoms with Crippen LogP contribution in [0.3, 0.4) is 0 Å². The number of unbranched alkanes of at least 4 members (excludes halogenated alkanes) is 2. The Morgan fingerprint density at radius 1 is 0.706 bits per heavy atom. The van der Waals surface area contributed by atoms with Crippen LogP contribution >= 0.6 is 0 Å². The van der Waals surface area contributed by atoms with Gasteiger partial charge < -0.3 is 49.1 Å². The maximum Gasteiger partial charge on any atom is 0.326 e.